The van der Waals surface area contributed by atoms with E-state index in [9.17, 15) is 4.39 Å². The largest absolute Gasteiger partial charge is 0.377 e. The van der Waals surface area contributed by atoms with Gasteiger partial charge in [-0.05, 0) is 23.1 Å². The number of halogens is 1. The molecule has 0 spiro atoms. The fourth-order valence-electron chi connectivity index (χ4n) is 1.66. The van der Waals surface area contributed by atoms with Crippen LogP contribution in [0.25, 0.3) is 0 Å². The van der Waals surface area contributed by atoms with Gasteiger partial charge in [-0.15, -0.1) is 0 Å². The van der Waals surface area contributed by atoms with Gasteiger partial charge in [0.2, 0.25) is 0 Å². The third kappa shape index (κ3) is 2.59. The maximum atomic E-state index is 13.0. The second kappa shape index (κ2) is 4.79. The number of thiocarbonyl (C=S) groups is 1. The maximum Gasteiger partial charge on any atom is 0.123 e. The van der Waals surface area contributed by atoms with Gasteiger partial charge in [0.25, 0.3) is 0 Å². The first kappa shape index (κ1) is 10.7. The molecule has 2 atom stereocenters. The van der Waals surface area contributed by atoms with E-state index in [1.165, 1.54) is 12.1 Å². The lowest BCUT2D eigenvalue weighted by Gasteiger charge is -2.29. The lowest BCUT2D eigenvalue weighted by atomic mass is 10.1. The lowest BCUT2D eigenvalue weighted by molar-refractivity contribution is 0.0642. The fraction of sp³-hybridized carbons (Fsp3) is 0.364. The summed E-state index contributed by atoms with van der Waals surface area (Å²) in [5.74, 6) is -0.223. The molecule has 1 saturated heterocycles. The zero-order valence-electron chi connectivity index (χ0n) is 8.15. The van der Waals surface area contributed by atoms with Gasteiger partial charge in [-0.3, -0.25) is 5.32 Å². The van der Waals surface area contributed by atoms with Crippen LogP contribution < -0.4 is 5.32 Å². The van der Waals surface area contributed by atoms with Crippen molar-refractivity contribution in [1.29, 1.82) is 0 Å². The van der Waals surface area contributed by atoms with Crippen LogP contribution in [0, 0.1) is 5.82 Å². The van der Waals surface area contributed by atoms with E-state index < -0.39 is 0 Å². The highest BCUT2D eigenvalue weighted by atomic mass is 32.1. The van der Waals surface area contributed by atoms with Gasteiger partial charge in [0, 0.05) is 0 Å². The summed E-state index contributed by atoms with van der Waals surface area (Å²) in [6, 6.07) is 6.64. The molecular weight excluding hydrogens is 213 g/mol. The molecule has 0 aromatic heterocycles. The molecule has 0 saturated carbocycles. The van der Waals surface area contributed by atoms with Gasteiger partial charge in [-0.25, -0.2) is 4.39 Å². The maximum absolute atomic E-state index is 13.0. The van der Waals surface area contributed by atoms with Gasteiger partial charge in [-0.2, -0.15) is 0 Å². The normalized spacial score (nSPS) is 26.2. The van der Waals surface area contributed by atoms with Crippen molar-refractivity contribution in [3.63, 3.8) is 0 Å². The Balaban J connectivity index is 2.13. The van der Waals surface area contributed by atoms with Gasteiger partial charge in [0.15, 0.2) is 0 Å². The number of rotatable bonds is 2. The number of benzene rings is 1. The van der Waals surface area contributed by atoms with Crippen molar-refractivity contribution in [2.45, 2.75) is 12.1 Å². The van der Waals surface area contributed by atoms with Crippen molar-refractivity contribution in [1.82, 2.24) is 5.32 Å². The predicted octanol–water partition coefficient (Wildman–Crippen LogP) is 1.85. The Kier molecular flexibility index (Phi) is 3.41. The topological polar surface area (TPSA) is 21.3 Å². The molecule has 4 heteroatoms. The number of hydrogen-bond donors (Lipinski definition) is 1. The number of hydrogen-bond acceptors (Lipinski definition) is 3. The molecule has 1 aliphatic heterocycles. The summed E-state index contributed by atoms with van der Waals surface area (Å²) >= 11 is 4.86. The standard InChI is InChI=1S/C11H12FNOS/c12-9-3-1-2-8(4-9)11-6-14-5-10(7-15)13-11/h1-4,7,10-11,13H,5-6H2. The SMILES string of the molecule is Fc1cccc(C2COCC(C=S)N2)c1. The van der Waals surface area contributed by atoms with Crippen LogP contribution in [0.3, 0.4) is 0 Å². The van der Waals surface area contributed by atoms with E-state index in [0.717, 1.165) is 5.56 Å². The molecule has 1 fully saturated rings. The van der Waals surface area contributed by atoms with Crippen LogP contribution in [0.2, 0.25) is 0 Å². The third-order valence-corrected chi connectivity index (χ3v) is 2.74. The van der Waals surface area contributed by atoms with Crippen LogP contribution in [0.1, 0.15) is 11.6 Å². The molecule has 2 unspecified atom stereocenters. The van der Waals surface area contributed by atoms with Crippen molar-refractivity contribution in [2.24, 2.45) is 0 Å². The molecule has 1 heterocycles. The molecule has 0 aliphatic carbocycles. The average Bonchev–Trinajstić information content (AvgIpc) is 2.29. The highest BCUT2D eigenvalue weighted by molar-refractivity contribution is 7.79. The van der Waals surface area contributed by atoms with Crippen molar-refractivity contribution in [3.8, 4) is 0 Å². The average molecular weight is 225 g/mol. The Morgan fingerprint density at radius 2 is 2.33 bits per heavy atom. The smallest absolute Gasteiger partial charge is 0.123 e. The minimum atomic E-state index is -0.223. The fourth-order valence-corrected chi connectivity index (χ4v) is 1.82. The van der Waals surface area contributed by atoms with Gasteiger partial charge in [0.05, 0.1) is 25.3 Å². The molecule has 1 aromatic carbocycles. The minimum Gasteiger partial charge on any atom is -0.377 e. The third-order valence-electron chi connectivity index (χ3n) is 2.41. The monoisotopic (exact) mass is 225 g/mol. The minimum absolute atomic E-state index is 0.0265. The van der Waals surface area contributed by atoms with Crippen LogP contribution in [-0.2, 0) is 4.74 Å². The Morgan fingerprint density at radius 3 is 3.07 bits per heavy atom. The first-order valence-electron chi connectivity index (χ1n) is 4.84. The van der Waals surface area contributed by atoms with E-state index in [4.69, 9.17) is 17.0 Å². The summed E-state index contributed by atoms with van der Waals surface area (Å²) in [5, 5.41) is 4.94. The molecule has 1 aromatic rings. The van der Waals surface area contributed by atoms with Crippen molar-refractivity contribution in [3.05, 3.63) is 35.6 Å². The van der Waals surface area contributed by atoms with Gasteiger partial charge in [-0.1, -0.05) is 24.4 Å². The molecule has 0 bridgehead atoms. The summed E-state index contributed by atoms with van der Waals surface area (Å²) in [4.78, 5) is 0. The van der Waals surface area contributed by atoms with Gasteiger partial charge >= 0.3 is 0 Å². The van der Waals surface area contributed by atoms with Gasteiger partial charge in [0.1, 0.15) is 5.82 Å². The Labute approximate surface area is 93.4 Å². The van der Waals surface area contributed by atoms with Crippen LogP contribution in [0.15, 0.2) is 24.3 Å². The highest BCUT2D eigenvalue weighted by Crippen LogP contribution is 2.18. The first-order chi connectivity index (χ1) is 7.29. The Morgan fingerprint density at radius 1 is 1.47 bits per heavy atom. The van der Waals surface area contributed by atoms with E-state index in [1.54, 1.807) is 11.4 Å². The Hall–Kier alpha value is -0.840. The number of morpholine rings is 1. The zero-order chi connectivity index (χ0) is 10.7. The second-order valence-electron chi connectivity index (χ2n) is 3.55. The summed E-state index contributed by atoms with van der Waals surface area (Å²) in [5.41, 5.74) is 0.900. The Bertz CT molecular complexity index is 358. The quantitative estimate of drug-likeness (QED) is 0.776. The van der Waals surface area contributed by atoms with E-state index in [2.05, 4.69) is 5.32 Å². The summed E-state index contributed by atoms with van der Waals surface area (Å²) in [6.45, 7) is 1.15. The van der Waals surface area contributed by atoms with Crippen LogP contribution in [0.5, 0.6) is 0 Å². The molecule has 0 radical (unpaired) electrons. The molecule has 15 heavy (non-hydrogen) atoms. The summed E-state index contributed by atoms with van der Waals surface area (Å²) < 4.78 is 18.4. The van der Waals surface area contributed by atoms with Crippen molar-refractivity contribution < 1.29 is 9.13 Å². The predicted molar refractivity (Wildman–Crippen MR) is 60.5 cm³/mol. The highest BCUT2D eigenvalue weighted by Gasteiger charge is 2.21. The first-order valence-corrected chi connectivity index (χ1v) is 5.31. The summed E-state index contributed by atoms with van der Waals surface area (Å²) in [6.07, 6.45) is 0. The number of nitrogens with one attached hydrogen (secondary N) is 1. The van der Waals surface area contributed by atoms with E-state index >= 15 is 0 Å². The molecule has 1 aliphatic rings. The van der Waals surface area contributed by atoms with E-state index in [-0.39, 0.29) is 17.9 Å². The molecule has 2 rings (SSSR count). The molecular formula is C11H12FNOS. The molecule has 2 nitrogen and oxygen atoms in total. The van der Waals surface area contributed by atoms with Crippen molar-refractivity contribution >= 4 is 17.6 Å². The summed E-state index contributed by atoms with van der Waals surface area (Å²) in [7, 11) is 0. The van der Waals surface area contributed by atoms with Crippen LogP contribution in [0.4, 0.5) is 4.39 Å². The molecule has 0 amide bonds. The zero-order valence-corrected chi connectivity index (χ0v) is 8.97. The van der Waals surface area contributed by atoms with E-state index in [1.807, 2.05) is 6.07 Å². The van der Waals surface area contributed by atoms with Crippen molar-refractivity contribution in [2.75, 3.05) is 13.2 Å². The van der Waals surface area contributed by atoms with Gasteiger partial charge < -0.3 is 4.74 Å². The second-order valence-corrected chi connectivity index (χ2v) is 3.83. The molecule has 1 N–H and O–H groups in total. The van der Waals surface area contributed by atoms with Crippen LogP contribution >= 0.6 is 12.2 Å². The molecule has 80 valence electrons. The van der Waals surface area contributed by atoms with Crippen LogP contribution in [-0.4, -0.2) is 24.6 Å². The van der Waals surface area contributed by atoms with E-state index in [0.29, 0.717) is 13.2 Å². The lowest BCUT2D eigenvalue weighted by Crippen LogP contribution is -2.44. The number of ether oxygens (including phenoxy) is 1.